The zero-order valence-corrected chi connectivity index (χ0v) is 16.2. The van der Waals surface area contributed by atoms with Crippen molar-refractivity contribution in [3.05, 3.63) is 113 Å². The lowest BCUT2D eigenvalue weighted by Crippen LogP contribution is -2.32. The first-order valence-corrected chi connectivity index (χ1v) is 9.87. The van der Waals surface area contributed by atoms with Gasteiger partial charge in [0.1, 0.15) is 35.9 Å². The highest BCUT2D eigenvalue weighted by atomic mass is 19.1. The van der Waals surface area contributed by atoms with Crippen molar-refractivity contribution >= 4 is 11.6 Å². The van der Waals surface area contributed by atoms with Crippen LogP contribution in [0.1, 0.15) is 28.8 Å². The van der Waals surface area contributed by atoms with Gasteiger partial charge in [-0.2, -0.15) is 10.1 Å². The summed E-state index contributed by atoms with van der Waals surface area (Å²) >= 11 is 0. The number of benzene rings is 3. The van der Waals surface area contributed by atoms with Crippen molar-refractivity contribution in [3.63, 3.8) is 0 Å². The number of aromatic nitrogens is 3. The molecule has 0 saturated carbocycles. The Labute approximate surface area is 176 Å². The molecule has 2 aliphatic rings. The van der Waals surface area contributed by atoms with E-state index in [2.05, 4.69) is 15.4 Å². The number of ether oxygens (including phenoxy) is 1. The monoisotopic (exact) mass is 414 g/mol. The predicted octanol–water partition coefficient (Wildman–Crippen LogP) is 5.12. The van der Waals surface area contributed by atoms with E-state index in [1.54, 1.807) is 28.9 Å². The average Bonchev–Trinajstić information content (AvgIpc) is 3.26. The Morgan fingerprint density at radius 1 is 0.935 bits per heavy atom. The third-order valence-electron chi connectivity index (χ3n) is 5.67. The van der Waals surface area contributed by atoms with Gasteiger partial charge in [0.2, 0.25) is 5.95 Å². The molecule has 2 atom stereocenters. The molecule has 4 aromatic rings. The lowest BCUT2D eigenvalue weighted by Gasteiger charge is -2.39. The van der Waals surface area contributed by atoms with Gasteiger partial charge in [0, 0.05) is 16.7 Å². The molecule has 1 aromatic heterocycles. The second-order valence-electron chi connectivity index (χ2n) is 7.46. The minimum atomic E-state index is -0.643. The third kappa shape index (κ3) is 2.73. The highest BCUT2D eigenvalue weighted by Gasteiger charge is 2.41. The van der Waals surface area contributed by atoms with E-state index >= 15 is 4.39 Å². The van der Waals surface area contributed by atoms with E-state index in [-0.39, 0.29) is 11.6 Å². The minimum Gasteiger partial charge on any atom is -0.480 e. The fourth-order valence-electron chi connectivity index (χ4n) is 4.36. The molecule has 6 rings (SSSR count). The number of anilines is 1. The molecule has 0 aliphatic carbocycles. The van der Waals surface area contributed by atoms with Gasteiger partial charge < -0.3 is 10.1 Å². The van der Waals surface area contributed by atoms with Crippen LogP contribution in [0.3, 0.4) is 0 Å². The van der Waals surface area contributed by atoms with E-state index in [9.17, 15) is 4.39 Å². The molecule has 0 unspecified atom stereocenters. The summed E-state index contributed by atoms with van der Waals surface area (Å²) in [5, 5.41) is 7.70. The Hall–Kier alpha value is -4.00. The number of nitrogens with one attached hydrogen (secondary N) is 1. The van der Waals surface area contributed by atoms with Gasteiger partial charge in [-0.15, -0.1) is 0 Å². The van der Waals surface area contributed by atoms with Crippen molar-refractivity contribution in [2.75, 3.05) is 5.32 Å². The number of hydrogen-bond acceptors (Lipinski definition) is 4. The van der Waals surface area contributed by atoms with Crippen LogP contribution in [-0.4, -0.2) is 14.8 Å². The van der Waals surface area contributed by atoms with Crippen molar-refractivity contribution in [2.45, 2.75) is 12.1 Å². The van der Waals surface area contributed by atoms with Gasteiger partial charge in [-0.05, 0) is 35.9 Å². The molecule has 0 spiro atoms. The smallest absolute Gasteiger partial charge is 0.226 e. The third-order valence-corrected chi connectivity index (χ3v) is 5.67. The van der Waals surface area contributed by atoms with Crippen molar-refractivity contribution in [1.29, 1.82) is 0 Å². The summed E-state index contributed by atoms with van der Waals surface area (Å²) in [7, 11) is 0. The summed E-state index contributed by atoms with van der Waals surface area (Å²) in [5.74, 6) is 0.430. The van der Waals surface area contributed by atoms with Gasteiger partial charge in [0.15, 0.2) is 0 Å². The van der Waals surface area contributed by atoms with Crippen LogP contribution in [0.25, 0.3) is 5.70 Å². The summed E-state index contributed by atoms with van der Waals surface area (Å²) in [4.78, 5) is 4.32. The van der Waals surface area contributed by atoms with E-state index in [4.69, 9.17) is 4.74 Å². The lowest BCUT2D eigenvalue weighted by molar-refractivity contribution is 0.222. The number of hydrogen-bond donors (Lipinski definition) is 1. The van der Waals surface area contributed by atoms with E-state index in [0.717, 1.165) is 16.8 Å². The maximum Gasteiger partial charge on any atom is 0.226 e. The van der Waals surface area contributed by atoms with E-state index in [1.807, 2.05) is 30.3 Å². The second-order valence-corrected chi connectivity index (χ2v) is 7.46. The molecular formula is C24H16F2N4O. The molecule has 31 heavy (non-hydrogen) atoms. The number of nitrogens with zero attached hydrogens (tertiary/aromatic N) is 3. The molecule has 7 heteroatoms. The van der Waals surface area contributed by atoms with Gasteiger partial charge in [0.05, 0.1) is 5.70 Å². The molecule has 0 saturated heterocycles. The molecule has 1 N–H and O–H groups in total. The van der Waals surface area contributed by atoms with Crippen LogP contribution in [0.15, 0.2) is 84.7 Å². The summed E-state index contributed by atoms with van der Waals surface area (Å²) in [6.45, 7) is 0. The number of rotatable bonds is 2. The molecule has 3 heterocycles. The first-order chi connectivity index (χ1) is 15.2. The van der Waals surface area contributed by atoms with Crippen LogP contribution < -0.4 is 10.1 Å². The van der Waals surface area contributed by atoms with Crippen molar-refractivity contribution in [2.24, 2.45) is 0 Å². The van der Waals surface area contributed by atoms with Crippen LogP contribution in [0.2, 0.25) is 0 Å². The maximum atomic E-state index is 15.0. The van der Waals surface area contributed by atoms with Gasteiger partial charge in [-0.25, -0.2) is 13.5 Å². The fraction of sp³-hybridized carbons (Fsp3) is 0.0833. The minimum absolute atomic E-state index is 0.362. The van der Waals surface area contributed by atoms with Gasteiger partial charge >= 0.3 is 0 Å². The van der Waals surface area contributed by atoms with Gasteiger partial charge in [-0.1, -0.05) is 42.5 Å². The normalized spacial score (nSPS) is 19.0. The molecule has 2 aliphatic heterocycles. The fourth-order valence-corrected chi connectivity index (χ4v) is 4.36. The van der Waals surface area contributed by atoms with Crippen LogP contribution in [0.5, 0.6) is 5.75 Å². The zero-order chi connectivity index (χ0) is 20.9. The summed E-state index contributed by atoms with van der Waals surface area (Å²) in [5.41, 5.74) is 3.42. The predicted molar refractivity (Wildman–Crippen MR) is 111 cm³/mol. The molecule has 5 nitrogen and oxygen atoms in total. The number of halogens is 2. The summed E-state index contributed by atoms with van der Waals surface area (Å²) in [6.07, 6.45) is 0.786. The van der Waals surface area contributed by atoms with E-state index in [0.29, 0.717) is 22.8 Å². The van der Waals surface area contributed by atoms with Crippen LogP contribution in [-0.2, 0) is 0 Å². The molecule has 152 valence electrons. The Morgan fingerprint density at radius 3 is 2.65 bits per heavy atom. The van der Waals surface area contributed by atoms with Crippen LogP contribution in [0.4, 0.5) is 14.7 Å². The highest BCUT2D eigenvalue weighted by Crippen LogP contribution is 2.50. The zero-order valence-electron chi connectivity index (χ0n) is 16.2. The van der Waals surface area contributed by atoms with Crippen LogP contribution in [0, 0.1) is 11.6 Å². The molecule has 0 amide bonds. The molecule has 0 radical (unpaired) electrons. The van der Waals surface area contributed by atoms with E-state index in [1.165, 1.54) is 24.5 Å². The number of fused-ring (bicyclic) bond motifs is 3. The molecule has 3 aromatic carbocycles. The van der Waals surface area contributed by atoms with Gasteiger partial charge in [0.25, 0.3) is 0 Å². The highest BCUT2D eigenvalue weighted by molar-refractivity contribution is 5.85. The molecular weight excluding hydrogens is 398 g/mol. The van der Waals surface area contributed by atoms with Crippen molar-refractivity contribution in [1.82, 2.24) is 14.8 Å². The molecule has 0 bridgehead atoms. The largest absolute Gasteiger partial charge is 0.480 e. The van der Waals surface area contributed by atoms with Crippen molar-refractivity contribution < 1.29 is 13.5 Å². The van der Waals surface area contributed by atoms with Crippen LogP contribution >= 0.6 is 0 Å². The Bertz CT molecular complexity index is 1350. The number of para-hydroxylation sites is 1. The summed E-state index contributed by atoms with van der Waals surface area (Å²) in [6, 6.07) is 19.8. The average molecular weight is 414 g/mol. The first-order valence-electron chi connectivity index (χ1n) is 9.87. The Balaban J connectivity index is 1.66. The SMILES string of the molecule is Fc1cccc([C@@H]2Oc3ccccc3C3=C2[C@@H](c2ccccc2F)n2ncnc2N3)c1. The molecule has 0 fully saturated rings. The maximum absolute atomic E-state index is 15.0. The quantitative estimate of drug-likeness (QED) is 0.495. The standard InChI is InChI=1S/C24H16F2N4O/c25-15-7-5-6-14(12-15)23-20-21(17-9-2-4-11-19(17)31-23)29-24-27-13-28-30(24)22(20)16-8-1-3-10-18(16)26/h1-13,22-23H,(H,27,28,29)/t22-,23+/m1/s1. The topological polar surface area (TPSA) is 52.0 Å². The lowest BCUT2D eigenvalue weighted by atomic mass is 9.84. The summed E-state index contributed by atoms with van der Waals surface area (Å²) < 4.78 is 37.2. The van der Waals surface area contributed by atoms with Crippen molar-refractivity contribution in [3.8, 4) is 5.75 Å². The Kier molecular flexibility index (Phi) is 3.89. The van der Waals surface area contributed by atoms with Gasteiger partial charge in [-0.3, -0.25) is 0 Å². The Morgan fingerprint density at radius 2 is 1.77 bits per heavy atom. The van der Waals surface area contributed by atoms with E-state index < -0.39 is 12.1 Å². The first kappa shape index (κ1) is 17.8. The second kappa shape index (κ2) is 6.77.